The number of rotatable bonds is 6. The van der Waals surface area contributed by atoms with E-state index in [1.54, 1.807) is 17.8 Å². The predicted octanol–water partition coefficient (Wildman–Crippen LogP) is 2.75. The van der Waals surface area contributed by atoms with E-state index in [0.717, 1.165) is 36.1 Å². The van der Waals surface area contributed by atoms with Gasteiger partial charge in [-0.3, -0.25) is 9.48 Å². The minimum Gasteiger partial charge on any atom is -0.465 e. The number of fused-ring (bicyclic) bond motifs is 1. The smallest absolute Gasteiger partial charge is 0.407 e. The third-order valence-electron chi connectivity index (χ3n) is 4.35. The average Bonchev–Trinajstić information content (AvgIpc) is 3.05. The molecule has 0 aliphatic heterocycles. The first-order valence-corrected chi connectivity index (χ1v) is 8.84. The van der Waals surface area contributed by atoms with E-state index in [1.807, 2.05) is 30.3 Å². The van der Waals surface area contributed by atoms with E-state index in [9.17, 15) is 9.59 Å². The first kappa shape index (κ1) is 18.0. The Morgan fingerprint density at radius 1 is 1.27 bits per heavy atom. The highest BCUT2D eigenvalue weighted by Gasteiger charge is 2.26. The number of alkyl carbamates (subject to hydrolysis) is 1. The van der Waals surface area contributed by atoms with Gasteiger partial charge in [-0.15, -0.1) is 0 Å². The number of aromatic nitrogens is 2. The fourth-order valence-electron chi connectivity index (χ4n) is 3.14. The third kappa shape index (κ3) is 4.41. The van der Waals surface area contributed by atoms with Gasteiger partial charge in [0.25, 0.3) is 0 Å². The zero-order valence-electron chi connectivity index (χ0n) is 14.8. The molecule has 2 aromatic rings. The molecular formula is C19H23N3O4. The zero-order chi connectivity index (χ0) is 18.4. The summed E-state index contributed by atoms with van der Waals surface area (Å²) in [5.41, 5.74) is 2.85. The lowest BCUT2D eigenvalue weighted by molar-refractivity contribution is -0.144. The maximum atomic E-state index is 12.1. The summed E-state index contributed by atoms with van der Waals surface area (Å²) in [7, 11) is 0. The van der Waals surface area contributed by atoms with Gasteiger partial charge in [-0.2, -0.15) is 5.10 Å². The van der Waals surface area contributed by atoms with Gasteiger partial charge in [0.1, 0.15) is 13.2 Å². The summed E-state index contributed by atoms with van der Waals surface area (Å²) in [6.07, 6.45) is 3.82. The number of esters is 1. The SMILES string of the molecule is CCOC(=O)Cn1ncc2c1CCC[C@H]2NC(=O)OCc1ccccc1. The molecule has 0 unspecified atom stereocenters. The molecular weight excluding hydrogens is 334 g/mol. The molecule has 0 saturated heterocycles. The van der Waals surface area contributed by atoms with Crippen molar-refractivity contribution in [3.05, 3.63) is 53.3 Å². The van der Waals surface area contributed by atoms with Gasteiger partial charge < -0.3 is 14.8 Å². The van der Waals surface area contributed by atoms with Crippen LogP contribution in [-0.2, 0) is 33.8 Å². The number of nitrogens with one attached hydrogen (secondary N) is 1. The Labute approximate surface area is 152 Å². The number of ether oxygens (including phenoxy) is 2. The van der Waals surface area contributed by atoms with E-state index in [0.29, 0.717) is 6.61 Å². The van der Waals surface area contributed by atoms with E-state index >= 15 is 0 Å². The van der Waals surface area contributed by atoms with Crippen LogP contribution in [0.25, 0.3) is 0 Å². The molecule has 0 bridgehead atoms. The molecule has 1 N–H and O–H groups in total. The van der Waals surface area contributed by atoms with Crippen molar-refractivity contribution in [1.29, 1.82) is 0 Å². The molecule has 1 aliphatic rings. The summed E-state index contributed by atoms with van der Waals surface area (Å²) in [5.74, 6) is -0.309. The van der Waals surface area contributed by atoms with Gasteiger partial charge in [0, 0.05) is 11.3 Å². The second-order valence-corrected chi connectivity index (χ2v) is 6.16. The highest BCUT2D eigenvalue weighted by atomic mass is 16.5. The molecule has 1 amide bonds. The highest BCUT2D eigenvalue weighted by molar-refractivity contribution is 5.69. The van der Waals surface area contributed by atoms with Crippen LogP contribution in [-0.4, -0.2) is 28.4 Å². The topological polar surface area (TPSA) is 82.5 Å². The fourth-order valence-corrected chi connectivity index (χ4v) is 3.14. The Morgan fingerprint density at radius 2 is 2.08 bits per heavy atom. The minimum atomic E-state index is -0.454. The number of benzene rings is 1. The van der Waals surface area contributed by atoms with Crippen molar-refractivity contribution in [3.63, 3.8) is 0 Å². The van der Waals surface area contributed by atoms with Gasteiger partial charge in [-0.05, 0) is 31.7 Å². The van der Waals surface area contributed by atoms with Crippen LogP contribution in [0.4, 0.5) is 4.79 Å². The van der Waals surface area contributed by atoms with Crippen molar-refractivity contribution in [2.24, 2.45) is 0 Å². The average molecular weight is 357 g/mol. The molecule has 0 spiro atoms. The van der Waals surface area contributed by atoms with Crippen LogP contribution in [0, 0.1) is 0 Å². The minimum absolute atomic E-state index is 0.0916. The predicted molar refractivity (Wildman–Crippen MR) is 94.3 cm³/mol. The van der Waals surface area contributed by atoms with E-state index in [1.165, 1.54) is 0 Å². The maximum Gasteiger partial charge on any atom is 0.407 e. The standard InChI is InChI=1S/C19H23N3O4/c1-2-25-18(23)12-22-17-10-6-9-16(15(17)11-20-22)21-19(24)26-13-14-7-4-3-5-8-14/h3-5,7-8,11,16H,2,6,9-10,12-13H2,1H3,(H,21,24)/t16-/m1/s1. The number of carbonyl (C=O) groups excluding carboxylic acids is 2. The van der Waals surface area contributed by atoms with Crippen LogP contribution in [0.15, 0.2) is 36.5 Å². The van der Waals surface area contributed by atoms with Crippen LogP contribution in [0.3, 0.4) is 0 Å². The van der Waals surface area contributed by atoms with E-state index in [2.05, 4.69) is 10.4 Å². The monoisotopic (exact) mass is 357 g/mol. The molecule has 26 heavy (non-hydrogen) atoms. The number of hydrogen-bond acceptors (Lipinski definition) is 5. The Balaban J connectivity index is 1.60. The number of nitrogens with zero attached hydrogens (tertiary/aromatic N) is 2. The maximum absolute atomic E-state index is 12.1. The molecule has 1 atom stereocenters. The molecule has 1 aromatic heterocycles. The van der Waals surface area contributed by atoms with Crippen LogP contribution in [0.2, 0.25) is 0 Å². The summed E-state index contributed by atoms with van der Waals surface area (Å²) >= 11 is 0. The first-order chi connectivity index (χ1) is 12.7. The molecule has 138 valence electrons. The molecule has 1 aliphatic carbocycles. The number of carbonyl (C=O) groups is 2. The third-order valence-corrected chi connectivity index (χ3v) is 4.35. The second-order valence-electron chi connectivity index (χ2n) is 6.16. The molecule has 7 heteroatoms. The van der Waals surface area contributed by atoms with Gasteiger partial charge in [0.15, 0.2) is 0 Å². The lowest BCUT2D eigenvalue weighted by atomic mass is 9.93. The summed E-state index contributed by atoms with van der Waals surface area (Å²) < 4.78 is 11.9. The largest absolute Gasteiger partial charge is 0.465 e. The highest BCUT2D eigenvalue weighted by Crippen LogP contribution is 2.29. The summed E-state index contributed by atoms with van der Waals surface area (Å²) in [5, 5.41) is 7.20. The second kappa shape index (κ2) is 8.51. The first-order valence-electron chi connectivity index (χ1n) is 8.84. The van der Waals surface area contributed by atoms with Crippen molar-refractivity contribution in [1.82, 2.24) is 15.1 Å². The summed E-state index contributed by atoms with van der Waals surface area (Å²) in [6, 6.07) is 9.39. The normalized spacial score (nSPS) is 15.8. The lowest BCUT2D eigenvalue weighted by Gasteiger charge is -2.23. The molecule has 3 rings (SSSR count). The molecule has 0 fully saturated rings. The van der Waals surface area contributed by atoms with Crippen LogP contribution < -0.4 is 5.32 Å². The van der Waals surface area contributed by atoms with Gasteiger partial charge in [-0.25, -0.2) is 4.79 Å². The lowest BCUT2D eigenvalue weighted by Crippen LogP contribution is -2.31. The van der Waals surface area contributed by atoms with Gasteiger partial charge in [0.05, 0.1) is 18.8 Å². The molecule has 0 radical (unpaired) electrons. The zero-order valence-corrected chi connectivity index (χ0v) is 14.8. The van der Waals surface area contributed by atoms with E-state index in [-0.39, 0.29) is 25.2 Å². The van der Waals surface area contributed by atoms with E-state index < -0.39 is 6.09 Å². The van der Waals surface area contributed by atoms with Gasteiger partial charge in [0.2, 0.25) is 0 Å². The molecule has 7 nitrogen and oxygen atoms in total. The van der Waals surface area contributed by atoms with Gasteiger partial charge >= 0.3 is 12.1 Å². The number of hydrogen-bond donors (Lipinski definition) is 1. The summed E-state index contributed by atoms with van der Waals surface area (Å²) in [4.78, 5) is 23.8. The Bertz CT molecular complexity index is 757. The van der Waals surface area contributed by atoms with Crippen LogP contribution >= 0.6 is 0 Å². The fraction of sp³-hybridized carbons (Fsp3) is 0.421. The molecule has 1 aromatic carbocycles. The Hall–Kier alpha value is -2.83. The van der Waals surface area contributed by atoms with Crippen LogP contribution in [0.1, 0.15) is 42.6 Å². The molecule has 0 saturated carbocycles. The molecule has 1 heterocycles. The van der Waals surface area contributed by atoms with E-state index in [4.69, 9.17) is 9.47 Å². The van der Waals surface area contributed by atoms with Gasteiger partial charge in [-0.1, -0.05) is 30.3 Å². The quantitative estimate of drug-likeness (QED) is 0.804. The summed E-state index contributed by atoms with van der Waals surface area (Å²) in [6.45, 7) is 2.44. The van der Waals surface area contributed by atoms with Crippen molar-refractivity contribution in [3.8, 4) is 0 Å². The number of amides is 1. The Morgan fingerprint density at radius 3 is 2.85 bits per heavy atom. The van der Waals surface area contributed by atoms with Crippen molar-refractivity contribution < 1.29 is 19.1 Å². The van der Waals surface area contributed by atoms with Crippen molar-refractivity contribution in [2.75, 3.05) is 6.61 Å². The Kier molecular flexibility index (Phi) is 5.88. The van der Waals surface area contributed by atoms with Crippen LogP contribution in [0.5, 0.6) is 0 Å². The van der Waals surface area contributed by atoms with Crippen molar-refractivity contribution >= 4 is 12.1 Å². The van der Waals surface area contributed by atoms with Crippen molar-refractivity contribution in [2.45, 2.75) is 45.4 Å².